The second kappa shape index (κ2) is 45.3. The molecule has 0 radical (unpaired) electrons. The predicted octanol–water partition coefficient (Wildman–Crippen LogP) is 14.2. The maximum absolute atomic E-state index is 12.8. The number of carbonyl (C=O) groups excluding carboxylic acids is 2. The fourth-order valence-corrected chi connectivity index (χ4v) is 6.38. The molecule has 0 aromatic carbocycles. The van der Waals surface area contributed by atoms with Crippen molar-refractivity contribution in [3.8, 4) is 0 Å². The summed E-state index contributed by atoms with van der Waals surface area (Å²) in [5, 5.41) is 9.65. The fraction of sp³-hybridized carbons (Fsp3) is 0.589. The van der Waals surface area contributed by atoms with Gasteiger partial charge in [-0.3, -0.25) is 9.59 Å². The number of aliphatic carboxylic acids is 1. The Morgan fingerprint density at radius 1 is 0.469 bits per heavy atom. The number of nitrogens with zero attached hydrogens (tertiary/aromatic N) is 1. The van der Waals surface area contributed by atoms with Crippen LogP contribution in [0.15, 0.2) is 122 Å². The Morgan fingerprint density at radius 2 is 0.828 bits per heavy atom. The highest BCUT2D eigenvalue weighted by Crippen LogP contribution is 2.12. The standard InChI is InChI=1S/C56H89NO7/c1-6-8-10-12-14-16-18-20-22-24-26-27-29-31-33-35-37-39-41-43-45-47-55(59)64-52(50-62-49-48-53(56(60)61)57(3,4)5)51-63-54(58)46-44-42-40-38-36-34-32-30-28-25-23-21-19-17-15-13-11-9-7-2/h8-11,14-17,20-23,26-28,30-31,33,37,39,52-53H,6-7,12-13,18-19,24-25,29,32,34-36,38,40-51H2,1-5H3/p+1/b10-8+,11-9+,16-14+,17-15+,22-20+,23-21+,27-26+,30-28+,33-31+,39-37+. The van der Waals surface area contributed by atoms with Crippen molar-refractivity contribution in [3.05, 3.63) is 122 Å². The van der Waals surface area contributed by atoms with Gasteiger partial charge in [-0.2, -0.15) is 0 Å². The number of carboxylic acid groups (broad SMARTS) is 1. The van der Waals surface area contributed by atoms with Crippen LogP contribution in [-0.4, -0.2) is 80.6 Å². The summed E-state index contributed by atoms with van der Waals surface area (Å²) in [5.41, 5.74) is 0. The number of esters is 2. The lowest BCUT2D eigenvalue weighted by molar-refractivity contribution is -0.887. The number of allylic oxidation sites excluding steroid dienone is 20. The molecule has 0 bridgehead atoms. The topological polar surface area (TPSA) is 99.1 Å². The van der Waals surface area contributed by atoms with E-state index in [1.54, 1.807) is 0 Å². The Balaban J connectivity index is 4.43. The van der Waals surface area contributed by atoms with Crippen LogP contribution in [0.25, 0.3) is 0 Å². The lowest BCUT2D eigenvalue weighted by atomic mass is 10.1. The van der Waals surface area contributed by atoms with Crippen molar-refractivity contribution in [3.63, 3.8) is 0 Å². The Morgan fingerprint density at radius 3 is 1.25 bits per heavy atom. The van der Waals surface area contributed by atoms with Gasteiger partial charge >= 0.3 is 17.9 Å². The molecule has 0 aliphatic heterocycles. The molecule has 0 heterocycles. The lowest BCUT2D eigenvalue weighted by Crippen LogP contribution is -2.50. The van der Waals surface area contributed by atoms with E-state index in [1.807, 2.05) is 21.1 Å². The molecule has 0 saturated heterocycles. The lowest BCUT2D eigenvalue weighted by Gasteiger charge is -2.31. The number of rotatable bonds is 42. The first-order chi connectivity index (χ1) is 31.1. The molecule has 1 N–H and O–H groups in total. The van der Waals surface area contributed by atoms with Gasteiger partial charge in [-0.25, -0.2) is 4.79 Å². The van der Waals surface area contributed by atoms with Crippen LogP contribution in [0.1, 0.15) is 162 Å². The van der Waals surface area contributed by atoms with E-state index in [-0.39, 0.29) is 42.7 Å². The highest BCUT2D eigenvalue weighted by molar-refractivity contribution is 5.72. The minimum Gasteiger partial charge on any atom is -0.477 e. The van der Waals surface area contributed by atoms with Crippen molar-refractivity contribution in [2.45, 2.75) is 174 Å². The minimum atomic E-state index is -0.890. The summed E-state index contributed by atoms with van der Waals surface area (Å²) in [6.07, 6.45) is 63.9. The Hall–Kier alpha value is -4.27. The van der Waals surface area contributed by atoms with Gasteiger partial charge < -0.3 is 23.8 Å². The average molecular weight is 889 g/mol. The van der Waals surface area contributed by atoms with Crippen molar-refractivity contribution in [1.82, 2.24) is 0 Å². The third-order valence-corrected chi connectivity index (χ3v) is 10.1. The first kappa shape index (κ1) is 59.7. The van der Waals surface area contributed by atoms with Gasteiger partial charge in [0, 0.05) is 19.3 Å². The van der Waals surface area contributed by atoms with Gasteiger partial charge in [0.2, 0.25) is 0 Å². The van der Waals surface area contributed by atoms with Crippen molar-refractivity contribution in [2.75, 3.05) is 41.0 Å². The highest BCUT2D eigenvalue weighted by Gasteiger charge is 2.31. The van der Waals surface area contributed by atoms with E-state index in [1.165, 1.54) is 12.8 Å². The van der Waals surface area contributed by atoms with Gasteiger partial charge in [-0.1, -0.05) is 161 Å². The predicted molar refractivity (Wildman–Crippen MR) is 270 cm³/mol. The minimum absolute atomic E-state index is 0.0297. The third-order valence-electron chi connectivity index (χ3n) is 10.1. The molecule has 0 fully saturated rings. The summed E-state index contributed by atoms with van der Waals surface area (Å²) in [6, 6.07) is -0.634. The van der Waals surface area contributed by atoms with Crippen LogP contribution in [0, 0.1) is 0 Å². The molecule has 0 aromatic rings. The molecule has 360 valence electrons. The summed E-state index contributed by atoms with van der Waals surface area (Å²) in [5.74, 6) is -1.56. The van der Waals surface area contributed by atoms with Crippen LogP contribution in [0.4, 0.5) is 0 Å². The number of carboxylic acids is 1. The van der Waals surface area contributed by atoms with E-state index < -0.39 is 18.1 Å². The molecule has 0 aliphatic carbocycles. The highest BCUT2D eigenvalue weighted by atomic mass is 16.6. The largest absolute Gasteiger partial charge is 0.477 e. The normalized spacial score (nSPS) is 14.0. The van der Waals surface area contributed by atoms with Crippen LogP contribution >= 0.6 is 0 Å². The summed E-state index contributed by atoms with van der Waals surface area (Å²) < 4.78 is 17.3. The zero-order valence-electron chi connectivity index (χ0n) is 40.9. The molecule has 2 unspecified atom stereocenters. The number of quaternary nitrogens is 1. The molecule has 64 heavy (non-hydrogen) atoms. The van der Waals surface area contributed by atoms with Crippen molar-refractivity contribution >= 4 is 17.9 Å². The van der Waals surface area contributed by atoms with E-state index >= 15 is 0 Å². The molecular formula is C56H90NO7+. The van der Waals surface area contributed by atoms with Crippen molar-refractivity contribution in [2.24, 2.45) is 0 Å². The van der Waals surface area contributed by atoms with E-state index in [0.717, 1.165) is 109 Å². The molecule has 8 heteroatoms. The number of ether oxygens (including phenoxy) is 3. The van der Waals surface area contributed by atoms with Crippen LogP contribution in [0.5, 0.6) is 0 Å². The zero-order chi connectivity index (χ0) is 47.0. The summed E-state index contributed by atoms with van der Waals surface area (Å²) in [4.78, 5) is 37.1. The van der Waals surface area contributed by atoms with E-state index in [9.17, 15) is 19.5 Å². The fourth-order valence-electron chi connectivity index (χ4n) is 6.38. The number of unbranched alkanes of at least 4 members (excludes halogenated alkanes) is 8. The maximum Gasteiger partial charge on any atom is 0.362 e. The quantitative estimate of drug-likeness (QED) is 0.0282. The SMILES string of the molecule is CC/C=C/C/C=C/C/C=C/C/C=C/C/C=C/C/C=C/CCCCC(=O)OC(COCCC(C(=O)O)[N+](C)(C)C)COC(=O)CCCCCCCC/C=C/C/C=C/C/C=C/C/C=C/CC. The third kappa shape index (κ3) is 43.0. The second-order valence-electron chi connectivity index (χ2n) is 17.0. The Labute approximate surface area is 391 Å². The Bertz CT molecular complexity index is 1450. The first-order valence-electron chi connectivity index (χ1n) is 24.6. The van der Waals surface area contributed by atoms with Gasteiger partial charge in [0.05, 0.1) is 34.4 Å². The zero-order valence-corrected chi connectivity index (χ0v) is 40.9. The molecule has 0 amide bonds. The van der Waals surface area contributed by atoms with Crippen LogP contribution < -0.4 is 0 Å². The van der Waals surface area contributed by atoms with Crippen LogP contribution in [-0.2, 0) is 28.6 Å². The molecule has 0 aromatic heterocycles. The van der Waals surface area contributed by atoms with Gasteiger partial charge in [0.15, 0.2) is 12.1 Å². The number of carbonyl (C=O) groups is 3. The summed E-state index contributed by atoms with van der Waals surface area (Å²) in [7, 11) is 5.50. The molecular weight excluding hydrogens is 799 g/mol. The van der Waals surface area contributed by atoms with E-state index in [2.05, 4.69) is 135 Å². The van der Waals surface area contributed by atoms with Crippen molar-refractivity contribution < 1.29 is 38.2 Å². The number of likely N-dealkylation sites (N-methyl/N-ethyl adjacent to an activating group) is 1. The summed E-state index contributed by atoms with van der Waals surface area (Å²) >= 11 is 0. The second-order valence-corrected chi connectivity index (χ2v) is 17.0. The average Bonchev–Trinajstić information content (AvgIpc) is 3.26. The Kier molecular flexibility index (Phi) is 42.3. The van der Waals surface area contributed by atoms with Gasteiger partial charge in [0.1, 0.15) is 6.61 Å². The first-order valence-corrected chi connectivity index (χ1v) is 24.6. The van der Waals surface area contributed by atoms with Crippen LogP contribution in [0.3, 0.4) is 0 Å². The molecule has 0 spiro atoms. The van der Waals surface area contributed by atoms with E-state index in [0.29, 0.717) is 19.3 Å². The number of hydrogen-bond donors (Lipinski definition) is 1. The molecule has 0 saturated carbocycles. The summed E-state index contributed by atoms with van der Waals surface area (Å²) in [6.45, 7) is 4.43. The van der Waals surface area contributed by atoms with Gasteiger partial charge in [-0.15, -0.1) is 0 Å². The number of hydrogen-bond acceptors (Lipinski definition) is 6. The molecule has 2 atom stereocenters. The smallest absolute Gasteiger partial charge is 0.362 e. The monoisotopic (exact) mass is 889 g/mol. The van der Waals surface area contributed by atoms with Crippen molar-refractivity contribution in [1.29, 1.82) is 0 Å². The molecule has 8 nitrogen and oxygen atoms in total. The van der Waals surface area contributed by atoms with Gasteiger partial charge in [-0.05, 0) is 103 Å². The van der Waals surface area contributed by atoms with E-state index in [4.69, 9.17) is 14.2 Å². The maximum atomic E-state index is 12.8. The molecule has 0 aliphatic rings. The van der Waals surface area contributed by atoms with Gasteiger partial charge in [0.25, 0.3) is 0 Å². The molecule has 0 rings (SSSR count). The van der Waals surface area contributed by atoms with Crippen LogP contribution in [0.2, 0.25) is 0 Å².